The quantitative estimate of drug-likeness (QED) is 0.708. The van der Waals surface area contributed by atoms with Gasteiger partial charge >= 0.3 is 0 Å². The standard InChI is InChI=1S/C18H13BrN4O2/c1-2-23-16-9-13(22-25)7-8-14(16)15(10-20)17(23)21-18(24)11-3-5-12(19)6-4-11/h3-9H,2H2,1H3,(H,21,24)/p+1. The lowest BCUT2D eigenvalue weighted by Gasteiger charge is -2.10. The molecule has 0 bridgehead atoms. The molecule has 0 saturated heterocycles. The fraction of sp³-hybridized carbons (Fsp3) is 0.111. The number of nitroso groups, excluding NO2 is 1. The van der Waals surface area contributed by atoms with Crippen molar-refractivity contribution in [2.24, 2.45) is 0 Å². The van der Waals surface area contributed by atoms with E-state index in [-0.39, 0.29) is 5.91 Å². The number of nitriles is 1. The van der Waals surface area contributed by atoms with E-state index in [4.69, 9.17) is 0 Å². The second-order valence-corrected chi connectivity index (χ2v) is 6.29. The summed E-state index contributed by atoms with van der Waals surface area (Å²) in [5.74, 6) is 0.125. The Labute approximate surface area is 152 Å². The summed E-state index contributed by atoms with van der Waals surface area (Å²) in [7, 11) is 0. The molecule has 1 amide bonds. The molecule has 124 valence electrons. The van der Waals surface area contributed by atoms with E-state index in [9.17, 15) is 15.0 Å². The van der Waals surface area contributed by atoms with E-state index in [0.717, 1.165) is 4.47 Å². The van der Waals surface area contributed by atoms with E-state index in [0.29, 0.717) is 40.1 Å². The number of benzene rings is 2. The van der Waals surface area contributed by atoms with Crippen LogP contribution < -0.4 is 10.5 Å². The lowest BCUT2D eigenvalue weighted by atomic mass is 10.1. The highest BCUT2D eigenvalue weighted by atomic mass is 79.9. The highest BCUT2D eigenvalue weighted by molar-refractivity contribution is 9.10. The summed E-state index contributed by atoms with van der Waals surface area (Å²) in [6, 6.07) is 14.1. The maximum absolute atomic E-state index is 12.6. The summed E-state index contributed by atoms with van der Waals surface area (Å²) < 4.78 is 2.69. The number of hydrogen-bond donors (Lipinski definition) is 2. The number of fused-ring (bicyclic) bond motifs is 1. The number of aryl methyl sites for hydroxylation is 1. The Bertz CT molecular complexity index is 1020. The van der Waals surface area contributed by atoms with Crippen LogP contribution in [-0.4, -0.2) is 10.5 Å². The van der Waals surface area contributed by atoms with E-state index < -0.39 is 0 Å². The van der Waals surface area contributed by atoms with Crippen LogP contribution in [0.1, 0.15) is 22.8 Å². The van der Waals surface area contributed by atoms with Crippen LogP contribution in [0.15, 0.2) is 46.9 Å². The van der Waals surface area contributed by atoms with Crippen LogP contribution in [0.2, 0.25) is 0 Å². The Kier molecular flexibility index (Phi) is 4.63. The molecule has 0 radical (unpaired) electrons. The minimum Gasteiger partial charge on any atom is -0.326 e. The Morgan fingerprint density at radius 1 is 1.28 bits per heavy atom. The van der Waals surface area contributed by atoms with Crippen LogP contribution in [0.3, 0.4) is 0 Å². The summed E-state index contributed by atoms with van der Waals surface area (Å²) >= 11 is 3.33. The van der Waals surface area contributed by atoms with E-state index in [1.807, 2.05) is 16.7 Å². The molecule has 2 aromatic carbocycles. The summed E-state index contributed by atoms with van der Waals surface area (Å²) in [4.78, 5) is 23.5. The van der Waals surface area contributed by atoms with E-state index in [1.165, 1.54) is 0 Å². The lowest BCUT2D eigenvalue weighted by Crippen LogP contribution is -2.55. The molecule has 0 aliphatic rings. The predicted molar refractivity (Wildman–Crippen MR) is 98.4 cm³/mol. The van der Waals surface area contributed by atoms with Gasteiger partial charge in [-0.3, -0.25) is 4.79 Å². The molecular weight excluding hydrogens is 384 g/mol. The first-order valence-electron chi connectivity index (χ1n) is 7.60. The van der Waals surface area contributed by atoms with Gasteiger partial charge < -0.3 is 9.88 Å². The zero-order valence-corrected chi connectivity index (χ0v) is 14.9. The first kappa shape index (κ1) is 16.9. The number of carbonyl (C=O) groups is 1. The molecule has 0 unspecified atom stereocenters. The van der Waals surface area contributed by atoms with Gasteiger partial charge in [0.05, 0.1) is 5.52 Å². The maximum atomic E-state index is 12.6. The van der Waals surface area contributed by atoms with Gasteiger partial charge in [0.15, 0.2) is 0 Å². The summed E-state index contributed by atoms with van der Waals surface area (Å²) in [6.07, 6.45) is 0. The number of halogens is 1. The van der Waals surface area contributed by atoms with Gasteiger partial charge in [0, 0.05) is 44.2 Å². The molecule has 25 heavy (non-hydrogen) atoms. The molecule has 7 heteroatoms. The highest BCUT2D eigenvalue weighted by Crippen LogP contribution is 2.31. The van der Waals surface area contributed by atoms with E-state index in [1.54, 1.807) is 42.5 Å². The van der Waals surface area contributed by atoms with Crippen LogP contribution in [0.25, 0.3) is 10.9 Å². The molecule has 0 aliphatic heterocycles. The molecule has 0 spiro atoms. The van der Waals surface area contributed by atoms with Gasteiger partial charge in [-0.2, -0.15) is 5.26 Å². The zero-order valence-electron chi connectivity index (χ0n) is 13.3. The van der Waals surface area contributed by atoms with Crippen molar-refractivity contribution in [3.8, 4) is 6.07 Å². The largest absolute Gasteiger partial charge is 0.326 e. The third-order valence-electron chi connectivity index (χ3n) is 3.95. The first-order chi connectivity index (χ1) is 12.1. The molecule has 1 heterocycles. The Hall–Kier alpha value is -2.98. The first-order valence-corrected chi connectivity index (χ1v) is 8.39. The number of nitrogens with one attached hydrogen (secondary N) is 2. The number of rotatable bonds is 4. The van der Waals surface area contributed by atoms with Crippen LogP contribution in [0.4, 0.5) is 11.5 Å². The van der Waals surface area contributed by atoms with Crippen LogP contribution in [0, 0.1) is 16.2 Å². The average Bonchev–Trinajstić information content (AvgIpc) is 2.93. The van der Waals surface area contributed by atoms with Gasteiger partial charge in [0.1, 0.15) is 17.5 Å². The minimum absolute atomic E-state index is 0.302. The third-order valence-corrected chi connectivity index (χ3v) is 4.48. The minimum atomic E-state index is -0.302. The Morgan fingerprint density at radius 2 is 2.00 bits per heavy atom. The van der Waals surface area contributed by atoms with Gasteiger partial charge in [-0.25, -0.2) is 0 Å². The number of amides is 1. The SMILES string of the molecule is CCn1c(NC(=O)c2ccc(Br)cc2)c(C#N)c2ccc([NH+]=O)cc21. The van der Waals surface area contributed by atoms with Gasteiger partial charge in [0.25, 0.3) is 11.6 Å². The maximum Gasteiger partial charge on any atom is 0.256 e. The third kappa shape index (κ3) is 3.04. The van der Waals surface area contributed by atoms with E-state index in [2.05, 4.69) is 27.3 Å². The zero-order chi connectivity index (χ0) is 18.0. The molecule has 1 aromatic heterocycles. The van der Waals surface area contributed by atoms with Crippen molar-refractivity contribution >= 4 is 44.2 Å². The van der Waals surface area contributed by atoms with Gasteiger partial charge in [-0.05, 0) is 37.3 Å². The van der Waals surface area contributed by atoms with Crippen LogP contribution >= 0.6 is 15.9 Å². The van der Waals surface area contributed by atoms with Crippen LogP contribution in [0.5, 0.6) is 0 Å². The van der Waals surface area contributed by atoms with Gasteiger partial charge in [-0.15, -0.1) is 0 Å². The van der Waals surface area contributed by atoms with Crippen molar-refractivity contribution in [2.45, 2.75) is 13.5 Å². The molecule has 3 aromatic rings. The smallest absolute Gasteiger partial charge is 0.256 e. The van der Waals surface area contributed by atoms with Crippen molar-refractivity contribution in [2.75, 3.05) is 5.32 Å². The molecule has 6 nitrogen and oxygen atoms in total. The summed E-state index contributed by atoms with van der Waals surface area (Å²) in [6.45, 7) is 2.45. The molecular formula is C18H14BrN4O2+. The van der Waals surface area contributed by atoms with Crippen molar-refractivity contribution in [3.63, 3.8) is 0 Å². The molecule has 2 N–H and O–H groups in total. The van der Waals surface area contributed by atoms with Crippen molar-refractivity contribution in [3.05, 3.63) is 63.0 Å². The Balaban J connectivity index is 2.11. The number of nitrogens with zero attached hydrogens (tertiary/aromatic N) is 2. The molecule has 0 saturated carbocycles. The van der Waals surface area contributed by atoms with Crippen molar-refractivity contribution < 1.29 is 9.97 Å². The fourth-order valence-corrected chi connectivity index (χ4v) is 3.03. The molecule has 3 rings (SSSR count). The number of hydrogen-bond acceptors (Lipinski definition) is 3. The Morgan fingerprint density at radius 3 is 2.60 bits per heavy atom. The van der Waals surface area contributed by atoms with Crippen molar-refractivity contribution in [1.82, 2.24) is 4.57 Å². The lowest BCUT2D eigenvalue weighted by molar-refractivity contribution is -0.379. The predicted octanol–water partition coefficient (Wildman–Crippen LogP) is 3.03. The normalized spacial score (nSPS) is 10.4. The van der Waals surface area contributed by atoms with Crippen molar-refractivity contribution in [1.29, 1.82) is 5.26 Å². The number of carbonyl (C=O) groups excluding carboxylic acids is 1. The molecule has 0 atom stereocenters. The fourth-order valence-electron chi connectivity index (χ4n) is 2.77. The summed E-state index contributed by atoms with van der Waals surface area (Å²) in [5.41, 5.74) is 1.97. The second kappa shape index (κ2) is 6.87. The topological polar surface area (TPSA) is 88.9 Å². The van der Waals surface area contributed by atoms with E-state index >= 15 is 0 Å². The molecule has 0 fully saturated rings. The number of anilines is 1. The average molecular weight is 398 g/mol. The second-order valence-electron chi connectivity index (χ2n) is 5.37. The van der Waals surface area contributed by atoms with Gasteiger partial charge in [-0.1, -0.05) is 15.9 Å². The highest BCUT2D eigenvalue weighted by Gasteiger charge is 2.20. The van der Waals surface area contributed by atoms with Crippen LogP contribution in [-0.2, 0) is 6.54 Å². The number of aromatic nitrogens is 1. The monoisotopic (exact) mass is 397 g/mol. The van der Waals surface area contributed by atoms with Gasteiger partial charge in [0.2, 0.25) is 0 Å². The summed E-state index contributed by atoms with van der Waals surface area (Å²) in [5, 5.41) is 14.9. The molecule has 0 aliphatic carbocycles.